The highest BCUT2D eigenvalue weighted by molar-refractivity contribution is 6.32. The van der Waals surface area contributed by atoms with Crippen molar-refractivity contribution in [3.63, 3.8) is 0 Å². The molecular weight excluding hydrogens is 188 g/mol. The van der Waals surface area contributed by atoms with Crippen molar-refractivity contribution < 1.29 is 9.84 Å². The summed E-state index contributed by atoms with van der Waals surface area (Å²) in [6, 6.07) is 5.25. The lowest BCUT2D eigenvalue weighted by Crippen LogP contribution is -2.15. The van der Waals surface area contributed by atoms with Gasteiger partial charge >= 0.3 is 0 Å². The molecule has 0 spiro atoms. The van der Waals surface area contributed by atoms with E-state index in [1.807, 2.05) is 0 Å². The Morgan fingerprint density at radius 2 is 2.00 bits per heavy atom. The lowest BCUT2D eigenvalue weighted by molar-refractivity contribution is 0.0785. The van der Waals surface area contributed by atoms with Crippen LogP contribution in [0.3, 0.4) is 0 Å². The Balaban J connectivity index is 3.10. The first-order valence-electron chi connectivity index (χ1n) is 4.01. The van der Waals surface area contributed by atoms with Crippen LogP contribution in [0.5, 0.6) is 5.75 Å². The molecule has 2 nitrogen and oxygen atoms in total. The van der Waals surface area contributed by atoms with Crippen LogP contribution in [0, 0.1) is 0 Å². The number of hydrogen-bond donors (Lipinski definition) is 1. The fourth-order valence-electron chi connectivity index (χ4n) is 1.05. The largest absolute Gasteiger partial charge is 0.495 e. The zero-order valence-corrected chi connectivity index (χ0v) is 8.72. The van der Waals surface area contributed by atoms with E-state index in [2.05, 4.69) is 0 Å². The molecule has 0 atom stereocenters. The second-order valence-corrected chi connectivity index (χ2v) is 3.82. The van der Waals surface area contributed by atoms with Crippen LogP contribution in [0.2, 0.25) is 5.02 Å². The van der Waals surface area contributed by atoms with E-state index in [1.165, 1.54) is 0 Å². The third-order valence-corrected chi connectivity index (χ3v) is 2.15. The molecule has 3 heteroatoms. The molecule has 0 amide bonds. The summed E-state index contributed by atoms with van der Waals surface area (Å²) in [4.78, 5) is 0. The molecule has 1 rings (SSSR count). The van der Waals surface area contributed by atoms with E-state index in [0.29, 0.717) is 10.8 Å². The Hall–Kier alpha value is -0.730. The van der Waals surface area contributed by atoms with Crippen LogP contribution in [0.1, 0.15) is 19.4 Å². The molecule has 0 unspecified atom stereocenters. The molecule has 0 fully saturated rings. The molecule has 1 aromatic carbocycles. The number of hydrogen-bond acceptors (Lipinski definition) is 2. The minimum absolute atomic E-state index is 0.516. The Kier molecular flexibility index (Phi) is 2.84. The summed E-state index contributed by atoms with van der Waals surface area (Å²) in [5.41, 5.74) is -0.0890. The SMILES string of the molecule is COc1ccc(C(C)(C)O)cc1Cl. The van der Waals surface area contributed by atoms with Gasteiger partial charge in [-0.2, -0.15) is 0 Å². The number of rotatable bonds is 2. The van der Waals surface area contributed by atoms with Gasteiger partial charge in [-0.1, -0.05) is 17.7 Å². The lowest BCUT2D eigenvalue weighted by Gasteiger charge is -2.18. The van der Waals surface area contributed by atoms with E-state index >= 15 is 0 Å². The molecule has 0 saturated carbocycles. The van der Waals surface area contributed by atoms with E-state index in [9.17, 15) is 5.11 Å². The second-order valence-electron chi connectivity index (χ2n) is 3.41. The van der Waals surface area contributed by atoms with Gasteiger partial charge in [-0.05, 0) is 31.5 Å². The van der Waals surface area contributed by atoms with Gasteiger partial charge in [0.15, 0.2) is 0 Å². The zero-order valence-electron chi connectivity index (χ0n) is 7.97. The third-order valence-electron chi connectivity index (χ3n) is 1.86. The monoisotopic (exact) mass is 200 g/mol. The van der Waals surface area contributed by atoms with Crippen molar-refractivity contribution in [3.8, 4) is 5.75 Å². The molecule has 0 heterocycles. The average molecular weight is 201 g/mol. The Morgan fingerprint density at radius 1 is 1.38 bits per heavy atom. The lowest BCUT2D eigenvalue weighted by atomic mass is 9.98. The molecule has 0 radical (unpaired) electrons. The summed E-state index contributed by atoms with van der Waals surface area (Å²) < 4.78 is 5.00. The van der Waals surface area contributed by atoms with Gasteiger partial charge in [0.05, 0.1) is 17.7 Å². The number of benzene rings is 1. The van der Waals surface area contributed by atoms with Crippen LogP contribution >= 0.6 is 11.6 Å². The first-order valence-corrected chi connectivity index (χ1v) is 4.39. The van der Waals surface area contributed by atoms with Gasteiger partial charge in [-0.25, -0.2) is 0 Å². The number of ether oxygens (including phenoxy) is 1. The first-order chi connectivity index (χ1) is 5.95. The molecule has 0 saturated heterocycles. The van der Waals surface area contributed by atoms with Crippen molar-refractivity contribution in [1.29, 1.82) is 0 Å². The van der Waals surface area contributed by atoms with Crippen LogP contribution < -0.4 is 4.74 Å². The molecule has 0 aliphatic carbocycles. The molecule has 1 aromatic rings. The molecule has 13 heavy (non-hydrogen) atoms. The first kappa shape index (κ1) is 10.4. The van der Waals surface area contributed by atoms with E-state index in [1.54, 1.807) is 39.2 Å². The summed E-state index contributed by atoms with van der Waals surface area (Å²) in [5, 5.41) is 10.2. The van der Waals surface area contributed by atoms with Crippen LogP contribution in [0.15, 0.2) is 18.2 Å². The number of aliphatic hydroxyl groups is 1. The predicted octanol–water partition coefficient (Wildman–Crippen LogP) is 2.58. The standard InChI is InChI=1S/C10H13ClO2/c1-10(2,12)7-4-5-9(13-3)8(11)6-7/h4-6,12H,1-3H3. The van der Waals surface area contributed by atoms with Crippen LogP contribution in [-0.2, 0) is 5.60 Å². The fraction of sp³-hybridized carbons (Fsp3) is 0.400. The summed E-state index contributed by atoms with van der Waals surface area (Å²) in [6.07, 6.45) is 0. The van der Waals surface area contributed by atoms with Crippen molar-refractivity contribution in [2.45, 2.75) is 19.4 Å². The molecule has 72 valence electrons. The Morgan fingerprint density at radius 3 is 2.38 bits per heavy atom. The highest BCUT2D eigenvalue weighted by atomic mass is 35.5. The predicted molar refractivity (Wildman–Crippen MR) is 53.2 cm³/mol. The van der Waals surface area contributed by atoms with Gasteiger partial charge in [-0.3, -0.25) is 0 Å². The summed E-state index contributed by atoms with van der Waals surface area (Å²) in [6.45, 7) is 3.43. The maximum Gasteiger partial charge on any atom is 0.137 e. The van der Waals surface area contributed by atoms with E-state index in [0.717, 1.165) is 5.56 Å². The number of methoxy groups -OCH3 is 1. The van der Waals surface area contributed by atoms with E-state index in [4.69, 9.17) is 16.3 Å². The van der Waals surface area contributed by atoms with Crippen molar-refractivity contribution >= 4 is 11.6 Å². The molecule has 0 bridgehead atoms. The highest BCUT2D eigenvalue weighted by Gasteiger charge is 2.16. The van der Waals surface area contributed by atoms with Crippen molar-refractivity contribution in [2.24, 2.45) is 0 Å². The topological polar surface area (TPSA) is 29.5 Å². The van der Waals surface area contributed by atoms with Crippen molar-refractivity contribution in [2.75, 3.05) is 7.11 Å². The maximum atomic E-state index is 9.68. The van der Waals surface area contributed by atoms with Crippen molar-refractivity contribution in [1.82, 2.24) is 0 Å². The molecular formula is C10H13ClO2. The van der Waals surface area contributed by atoms with Crippen molar-refractivity contribution in [3.05, 3.63) is 28.8 Å². The Bertz CT molecular complexity index is 302. The summed E-state index contributed by atoms with van der Waals surface area (Å²) in [7, 11) is 1.56. The van der Waals surface area contributed by atoms with Gasteiger partial charge in [0.25, 0.3) is 0 Å². The quantitative estimate of drug-likeness (QED) is 0.795. The molecule has 0 aliphatic rings. The average Bonchev–Trinajstić information content (AvgIpc) is 2.02. The molecule has 1 N–H and O–H groups in total. The van der Waals surface area contributed by atoms with Gasteiger partial charge in [0.2, 0.25) is 0 Å². The zero-order chi connectivity index (χ0) is 10.1. The van der Waals surface area contributed by atoms with Crippen LogP contribution in [0.25, 0.3) is 0 Å². The van der Waals surface area contributed by atoms with Crippen LogP contribution in [0.4, 0.5) is 0 Å². The molecule has 0 aromatic heterocycles. The molecule has 0 aliphatic heterocycles. The summed E-state index contributed by atoms with van der Waals surface area (Å²) >= 11 is 5.90. The second kappa shape index (κ2) is 3.56. The fourth-order valence-corrected chi connectivity index (χ4v) is 1.30. The van der Waals surface area contributed by atoms with Gasteiger partial charge in [0, 0.05) is 0 Å². The third kappa shape index (κ3) is 2.36. The van der Waals surface area contributed by atoms with Gasteiger partial charge < -0.3 is 9.84 Å². The summed E-state index contributed by atoms with van der Waals surface area (Å²) in [5.74, 6) is 0.620. The minimum atomic E-state index is -0.865. The van der Waals surface area contributed by atoms with E-state index < -0.39 is 5.60 Å². The smallest absolute Gasteiger partial charge is 0.137 e. The van der Waals surface area contributed by atoms with E-state index in [-0.39, 0.29) is 0 Å². The highest BCUT2D eigenvalue weighted by Crippen LogP contribution is 2.29. The normalized spacial score (nSPS) is 11.5. The Labute approximate surface area is 83.1 Å². The number of halogens is 1. The van der Waals surface area contributed by atoms with Gasteiger partial charge in [-0.15, -0.1) is 0 Å². The van der Waals surface area contributed by atoms with Gasteiger partial charge in [0.1, 0.15) is 5.75 Å². The van der Waals surface area contributed by atoms with Crippen LogP contribution in [-0.4, -0.2) is 12.2 Å². The minimum Gasteiger partial charge on any atom is -0.495 e. The maximum absolute atomic E-state index is 9.68.